The zero-order valence-corrected chi connectivity index (χ0v) is 18.0. The summed E-state index contributed by atoms with van der Waals surface area (Å²) in [5, 5.41) is 11.4. The first-order valence-corrected chi connectivity index (χ1v) is 10.9. The number of H-pyrrole nitrogens is 1. The Morgan fingerprint density at radius 2 is 1.94 bits per heavy atom. The van der Waals surface area contributed by atoms with Crippen molar-refractivity contribution in [1.82, 2.24) is 20.1 Å². The molecule has 1 aliphatic heterocycles. The smallest absolute Gasteiger partial charge is 0.218 e. The third kappa shape index (κ3) is 4.07. The standard InChI is InChI=1S/C25H26N6O/c1-30-13-10-19(11-14-30)18-5-8-22(9-6-18)31(17-32)24-3-2-12-26-25(24)28-21-7-4-20-16-27-29-23(20)15-21/h2-9,12,15-17,19H,10-11,13-14H2,1H3,(H,26,28)(H,27,29). The van der Waals surface area contributed by atoms with Gasteiger partial charge in [-0.2, -0.15) is 5.10 Å². The highest BCUT2D eigenvalue weighted by molar-refractivity contribution is 5.92. The molecule has 7 heteroatoms. The lowest BCUT2D eigenvalue weighted by atomic mass is 9.89. The Hall–Kier alpha value is -3.71. The molecule has 2 N–H and O–H groups in total. The fourth-order valence-corrected chi connectivity index (χ4v) is 4.34. The van der Waals surface area contributed by atoms with Crippen LogP contribution in [0.3, 0.4) is 0 Å². The molecule has 1 aliphatic rings. The number of nitrogens with one attached hydrogen (secondary N) is 2. The van der Waals surface area contributed by atoms with Gasteiger partial charge in [0.15, 0.2) is 5.82 Å². The molecule has 32 heavy (non-hydrogen) atoms. The summed E-state index contributed by atoms with van der Waals surface area (Å²) >= 11 is 0. The van der Waals surface area contributed by atoms with Crippen molar-refractivity contribution >= 4 is 40.2 Å². The number of carbonyl (C=O) groups is 1. The van der Waals surface area contributed by atoms with Gasteiger partial charge in [0.25, 0.3) is 0 Å². The number of pyridine rings is 1. The van der Waals surface area contributed by atoms with Gasteiger partial charge in [0.05, 0.1) is 17.4 Å². The van der Waals surface area contributed by atoms with E-state index in [0.29, 0.717) is 17.4 Å². The highest BCUT2D eigenvalue weighted by Gasteiger charge is 2.19. The van der Waals surface area contributed by atoms with Crippen molar-refractivity contribution < 1.29 is 4.79 Å². The zero-order chi connectivity index (χ0) is 21.9. The molecule has 1 fully saturated rings. The summed E-state index contributed by atoms with van der Waals surface area (Å²) in [5.41, 5.74) is 4.65. The monoisotopic (exact) mass is 426 g/mol. The summed E-state index contributed by atoms with van der Waals surface area (Å²) < 4.78 is 0. The van der Waals surface area contributed by atoms with Crippen LogP contribution in [0.1, 0.15) is 24.3 Å². The maximum Gasteiger partial charge on any atom is 0.218 e. The van der Waals surface area contributed by atoms with Crippen LogP contribution in [-0.2, 0) is 4.79 Å². The predicted octanol–water partition coefficient (Wildman–Crippen LogP) is 4.81. The minimum atomic E-state index is 0.581. The number of fused-ring (bicyclic) bond motifs is 1. The third-order valence-corrected chi connectivity index (χ3v) is 6.22. The summed E-state index contributed by atoms with van der Waals surface area (Å²) in [5.74, 6) is 1.19. The molecule has 5 rings (SSSR count). The second-order valence-electron chi connectivity index (χ2n) is 8.31. The van der Waals surface area contributed by atoms with E-state index in [2.05, 4.69) is 44.6 Å². The largest absolute Gasteiger partial charge is 0.338 e. The van der Waals surface area contributed by atoms with E-state index in [1.165, 1.54) is 18.4 Å². The van der Waals surface area contributed by atoms with Gasteiger partial charge in [-0.1, -0.05) is 12.1 Å². The summed E-state index contributed by atoms with van der Waals surface area (Å²) in [4.78, 5) is 20.6. The van der Waals surface area contributed by atoms with Gasteiger partial charge in [-0.3, -0.25) is 14.8 Å². The molecule has 3 heterocycles. The summed E-state index contributed by atoms with van der Waals surface area (Å²) in [6, 6.07) is 18.0. The number of hydrogen-bond donors (Lipinski definition) is 2. The molecule has 2 aromatic carbocycles. The van der Waals surface area contributed by atoms with Crippen LogP contribution in [0.4, 0.5) is 22.9 Å². The highest BCUT2D eigenvalue weighted by atomic mass is 16.1. The third-order valence-electron chi connectivity index (χ3n) is 6.22. The van der Waals surface area contributed by atoms with Crippen molar-refractivity contribution in [3.63, 3.8) is 0 Å². The van der Waals surface area contributed by atoms with Crippen LogP contribution in [0.2, 0.25) is 0 Å². The first-order valence-electron chi connectivity index (χ1n) is 10.9. The second-order valence-corrected chi connectivity index (χ2v) is 8.31. The number of anilines is 4. The number of piperidine rings is 1. The van der Waals surface area contributed by atoms with Crippen molar-refractivity contribution in [2.45, 2.75) is 18.8 Å². The minimum Gasteiger partial charge on any atom is -0.338 e. The van der Waals surface area contributed by atoms with Crippen LogP contribution >= 0.6 is 0 Å². The maximum absolute atomic E-state index is 12.1. The fourth-order valence-electron chi connectivity index (χ4n) is 4.34. The zero-order valence-electron chi connectivity index (χ0n) is 18.0. The van der Waals surface area contributed by atoms with E-state index in [4.69, 9.17) is 0 Å². The Kier molecular flexibility index (Phi) is 5.56. The molecule has 1 saturated heterocycles. The molecule has 0 spiro atoms. The summed E-state index contributed by atoms with van der Waals surface area (Å²) in [6.07, 6.45) is 6.68. The van der Waals surface area contributed by atoms with Gasteiger partial charge in [-0.25, -0.2) is 4.98 Å². The average molecular weight is 427 g/mol. The van der Waals surface area contributed by atoms with Crippen molar-refractivity contribution in [1.29, 1.82) is 0 Å². The lowest BCUT2D eigenvalue weighted by Gasteiger charge is -2.29. The van der Waals surface area contributed by atoms with Gasteiger partial charge in [0, 0.05) is 23.0 Å². The quantitative estimate of drug-likeness (QED) is 0.433. The van der Waals surface area contributed by atoms with Crippen LogP contribution in [-0.4, -0.2) is 46.6 Å². The van der Waals surface area contributed by atoms with Gasteiger partial charge in [0.1, 0.15) is 0 Å². The number of hydrogen-bond acceptors (Lipinski definition) is 5. The van der Waals surface area contributed by atoms with E-state index in [0.717, 1.165) is 41.8 Å². The molecule has 0 unspecified atom stereocenters. The van der Waals surface area contributed by atoms with E-state index in [1.807, 2.05) is 42.5 Å². The van der Waals surface area contributed by atoms with Crippen molar-refractivity contribution in [3.05, 3.63) is 72.6 Å². The number of amides is 1. The van der Waals surface area contributed by atoms with Crippen LogP contribution in [0.5, 0.6) is 0 Å². The molecule has 0 saturated carbocycles. The van der Waals surface area contributed by atoms with Gasteiger partial charge in [-0.15, -0.1) is 0 Å². The predicted molar refractivity (Wildman–Crippen MR) is 128 cm³/mol. The Balaban J connectivity index is 1.40. The van der Waals surface area contributed by atoms with Crippen LogP contribution in [0.25, 0.3) is 10.9 Å². The maximum atomic E-state index is 12.1. The molecule has 7 nitrogen and oxygen atoms in total. The van der Waals surface area contributed by atoms with E-state index in [1.54, 1.807) is 17.3 Å². The molecular formula is C25H26N6O. The van der Waals surface area contributed by atoms with Crippen molar-refractivity contribution in [2.24, 2.45) is 0 Å². The van der Waals surface area contributed by atoms with Crippen molar-refractivity contribution in [2.75, 3.05) is 30.4 Å². The number of aromatic nitrogens is 3. The second kappa shape index (κ2) is 8.80. The Morgan fingerprint density at radius 3 is 2.72 bits per heavy atom. The summed E-state index contributed by atoms with van der Waals surface area (Å²) in [7, 11) is 2.17. The molecule has 162 valence electrons. The molecule has 1 amide bonds. The number of rotatable bonds is 6. The molecule has 0 radical (unpaired) electrons. The number of carbonyl (C=O) groups excluding carboxylic acids is 1. The lowest BCUT2D eigenvalue weighted by molar-refractivity contribution is -0.106. The number of nitrogens with zero attached hydrogens (tertiary/aromatic N) is 4. The van der Waals surface area contributed by atoms with E-state index in [9.17, 15) is 4.79 Å². The first-order chi connectivity index (χ1) is 15.7. The SMILES string of the molecule is CN1CCC(c2ccc(N(C=O)c3cccnc3Nc3ccc4cn[nH]c4c3)cc2)CC1. The molecule has 4 aromatic rings. The first kappa shape index (κ1) is 20.2. The molecule has 0 atom stereocenters. The molecule has 2 aromatic heterocycles. The van der Waals surface area contributed by atoms with Gasteiger partial charge < -0.3 is 10.2 Å². The Bertz CT molecular complexity index is 1210. The van der Waals surface area contributed by atoms with Crippen LogP contribution < -0.4 is 10.2 Å². The normalized spacial score (nSPS) is 15.0. The van der Waals surface area contributed by atoms with E-state index >= 15 is 0 Å². The van der Waals surface area contributed by atoms with E-state index in [-0.39, 0.29) is 0 Å². The van der Waals surface area contributed by atoms with Crippen LogP contribution in [0, 0.1) is 0 Å². The van der Waals surface area contributed by atoms with E-state index < -0.39 is 0 Å². The van der Waals surface area contributed by atoms with Gasteiger partial charge >= 0.3 is 0 Å². The minimum absolute atomic E-state index is 0.581. The number of aromatic amines is 1. The van der Waals surface area contributed by atoms with Gasteiger partial charge in [0.2, 0.25) is 6.41 Å². The Morgan fingerprint density at radius 1 is 1.12 bits per heavy atom. The molecular weight excluding hydrogens is 400 g/mol. The van der Waals surface area contributed by atoms with Crippen molar-refractivity contribution in [3.8, 4) is 0 Å². The average Bonchev–Trinajstić information content (AvgIpc) is 3.30. The lowest BCUT2D eigenvalue weighted by Crippen LogP contribution is -2.29. The molecule has 0 aliphatic carbocycles. The highest BCUT2D eigenvalue weighted by Crippen LogP contribution is 2.34. The van der Waals surface area contributed by atoms with Gasteiger partial charge in [-0.05, 0) is 86.9 Å². The molecule has 0 bridgehead atoms. The number of likely N-dealkylation sites (tertiary alicyclic amines) is 1. The number of benzene rings is 2. The summed E-state index contributed by atoms with van der Waals surface area (Å²) in [6.45, 7) is 2.25. The fraction of sp³-hybridized carbons (Fsp3) is 0.240. The van der Waals surface area contributed by atoms with Crippen LogP contribution in [0.15, 0.2) is 67.0 Å². The topological polar surface area (TPSA) is 77.2 Å². The Labute approximate surface area is 187 Å².